The molecule has 0 spiro atoms. The molecule has 0 N–H and O–H groups in total. The SMILES string of the molecule is Clc1ccc(CSC2COC2)cn1. The van der Waals surface area contributed by atoms with Crippen LogP contribution >= 0.6 is 23.4 Å². The zero-order valence-corrected chi connectivity index (χ0v) is 8.64. The van der Waals surface area contributed by atoms with Crippen LogP contribution in [0.5, 0.6) is 0 Å². The van der Waals surface area contributed by atoms with Crippen LogP contribution < -0.4 is 0 Å². The van der Waals surface area contributed by atoms with Crippen molar-refractivity contribution in [2.45, 2.75) is 11.0 Å². The first kappa shape index (κ1) is 9.31. The predicted octanol–water partition coefficient (Wildman–Crippen LogP) is 2.37. The van der Waals surface area contributed by atoms with Crippen LogP contribution in [0.25, 0.3) is 0 Å². The first-order chi connectivity index (χ1) is 6.34. The molecule has 0 amide bonds. The highest BCUT2D eigenvalue weighted by atomic mass is 35.5. The summed E-state index contributed by atoms with van der Waals surface area (Å²) in [6.07, 6.45) is 1.83. The van der Waals surface area contributed by atoms with Gasteiger partial charge in [0.15, 0.2) is 0 Å². The number of nitrogens with zero attached hydrogens (tertiary/aromatic N) is 1. The molecular formula is C9H10ClNOS. The van der Waals surface area contributed by atoms with Crippen molar-refractivity contribution in [3.63, 3.8) is 0 Å². The lowest BCUT2D eigenvalue weighted by molar-refractivity contribution is 0.0455. The number of halogens is 1. The zero-order valence-electron chi connectivity index (χ0n) is 7.07. The topological polar surface area (TPSA) is 22.1 Å². The molecular weight excluding hydrogens is 206 g/mol. The summed E-state index contributed by atoms with van der Waals surface area (Å²) >= 11 is 7.59. The number of hydrogen-bond acceptors (Lipinski definition) is 3. The van der Waals surface area contributed by atoms with Crippen molar-refractivity contribution in [2.24, 2.45) is 0 Å². The van der Waals surface area contributed by atoms with E-state index in [-0.39, 0.29) is 0 Å². The predicted molar refractivity (Wildman–Crippen MR) is 55.1 cm³/mol. The van der Waals surface area contributed by atoms with E-state index in [1.165, 1.54) is 5.56 Å². The first-order valence-electron chi connectivity index (χ1n) is 4.14. The van der Waals surface area contributed by atoms with Gasteiger partial charge in [-0.2, -0.15) is 0 Å². The molecule has 0 bridgehead atoms. The van der Waals surface area contributed by atoms with E-state index in [2.05, 4.69) is 4.98 Å². The minimum Gasteiger partial charge on any atom is -0.379 e. The van der Waals surface area contributed by atoms with Gasteiger partial charge in [-0.3, -0.25) is 0 Å². The number of ether oxygens (including phenoxy) is 1. The molecule has 0 atom stereocenters. The van der Waals surface area contributed by atoms with Crippen molar-refractivity contribution in [1.82, 2.24) is 4.98 Å². The quantitative estimate of drug-likeness (QED) is 0.723. The molecule has 0 saturated carbocycles. The van der Waals surface area contributed by atoms with Crippen LogP contribution in [0, 0.1) is 0 Å². The van der Waals surface area contributed by atoms with Crippen molar-refractivity contribution in [3.05, 3.63) is 29.0 Å². The van der Waals surface area contributed by atoms with Gasteiger partial charge in [0.1, 0.15) is 5.15 Å². The van der Waals surface area contributed by atoms with E-state index in [0.29, 0.717) is 10.4 Å². The van der Waals surface area contributed by atoms with E-state index in [0.717, 1.165) is 19.0 Å². The minimum atomic E-state index is 0.556. The largest absolute Gasteiger partial charge is 0.379 e. The van der Waals surface area contributed by atoms with E-state index < -0.39 is 0 Å². The Labute approximate surface area is 86.6 Å². The van der Waals surface area contributed by atoms with Crippen LogP contribution in [0.15, 0.2) is 18.3 Å². The average molecular weight is 216 g/mol. The van der Waals surface area contributed by atoms with Gasteiger partial charge in [-0.1, -0.05) is 17.7 Å². The van der Waals surface area contributed by atoms with Gasteiger partial charge in [0, 0.05) is 11.9 Å². The smallest absolute Gasteiger partial charge is 0.129 e. The second-order valence-corrected chi connectivity index (χ2v) is 4.64. The molecule has 2 heterocycles. The van der Waals surface area contributed by atoms with E-state index in [1.54, 1.807) is 0 Å². The van der Waals surface area contributed by atoms with Crippen LogP contribution in [-0.2, 0) is 10.5 Å². The van der Waals surface area contributed by atoms with Crippen molar-refractivity contribution in [2.75, 3.05) is 13.2 Å². The number of hydrogen-bond donors (Lipinski definition) is 0. The van der Waals surface area contributed by atoms with Crippen molar-refractivity contribution in [1.29, 1.82) is 0 Å². The summed E-state index contributed by atoms with van der Waals surface area (Å²) in [6, 6.07) is 3.84. The molecule has 0 unspecified atom stereocenters. The Bertz CT molecular complexity index is 273. The molecule has 13 heavy (non-hydrogen) atoms. The highest BCUT2D eigenvalue weighted by Gasteiger charge is 2.18. The summed E-state index contributed by atoms with van der Waals surface area (Å²) in [5, 5.41) is 1.23. The second kappa shape index (κ2) is 4.31. The lowest BCUT2D eigenvalue weighted by Gasteiger charge is -2.25. The van der Waals surface area contributed by atoms with Gasteiger partial charge in [0.2, 0.25) is 0 Å². The second-order valence-electron chi connectivity index (χ2n) is 2.96. The summed E-state index contributed by atoms with van der Waals surface area (Å²) in [5.74, 6) is 0.998. The van der Waals surface area contributed by atoms with Gasteiger partial charge in [0.05, 0.1) is 18.5 Å². The standard InChI is InChI=1S/C9H10ClNOS/c10-9-2-1-7(3-11-9)6-13-8-4-12-5-8/h1-3,8H,4-6H2. The molecule has 1 aliphatic rings. The number of aromatic nitrogens is 1. The molecule has 1 saturated heterocycles. The van der Waals surface area contributed by atoms with Crippen LogP contribution in [0.3, 0.4) is 0 Å². The van der Waals surface area contributed by atoms with Crippen LogP contribution in [0.2, 0.25) is 5.15 Å². The maximum Gasteiger partial charge on any atom is 0.129 e. The molecule has 1 aliphatic heterocycles. The summed E-state index contributed by atoms with van der Waals surface area (Å²) in [7, 11) is 0. The van der Waals surface area contributed by atoms with Crippen molar-refractivity contribution in [3.8, 4) is 0 Å². The number of pyridine rings is 1. The lowest BCUT2D eigenvalue weighted by Crippen LogP contribution is -2.30. The summed E-state index contributed by atoms with van der Waals surface area (Å²) < 4.78 is 5.08. The van der Waals surface area contributed by atoms with Crippen LogP contribution in [0.1, 0.15) is 5.56 Å². The Morgan fingerprint density at radius 3 is 2.92 bits per heavy atom. The number of thioether (sulfide) groups is 1. The Hall–Kier alpha value is -0.250. The molecule has 2 nitrogen and oxygen atoms in total. The monoisotopic (exact) mass is 215 g/mol. The molecule has 0 radical (unpaired) electrons. The molecule has 0 aliphatic carbocycles. The van der Waals surface area contributed by atoms with Crippen molar-refractivity contribution < 1.29 is 4.74 Å². The molecule has 2 rings (SSSR count). The van der Waals surface area contributed by atoms with Gasteiger partial charge < -0.3 is 4.74 Å². The highest BCUT2D eigenvalue weighted by Crippen LogP contribution is 2.23. The Balaban J connectivity index is 1.83. The van der Waals surface area contributed by atoms with E-state index in [9.17, 15) is 0 Å². The third-order valence-corrected chi connectivity index (χ3v) is 3.35. The normalized spacial score (nSPS) is 17.0. The molecule has 4 heteroatoms. The summed E-state index contributed by atoms with van der Waals surface area (Å²) in [6.45, 7) is 1.79. The van der Waals surface area contributed by atoms with Gasteiger partial charge >= 0.3 is 0 Å². The van der Waals surface area contributed by atoms with Gasteiger partial charge in [-0.05, 0) is 11.6 Å². The molecule has 1 aromatic rings. The Morgan fingerprint density at radius 2 is 2.38 bits per heavy atom. The van der Waals surface area contributed by atoms with Gasteiger partial charge in [0.25, 0.3) is 0 Å². The van der Waals surface area contributed by atoms with Gasteiger partial charge in [-0.15, -0.1) is 11.8 Å². The highest BCUT2D eigenvalue weighted by molar-refractivity contribution is 7.99. The molecule has 0 aromatic carbocycles. The molecule has 1 fully saturated rings. The lowest BCUT2D eigenvalue weighted by atomic mass is 10.3. The maximum atomic E-state index is 5.67. The fourth-order valence-corrected chi connectivity index (χ4v) is 2.11. The third kappa shape index (κ3) is 2.59. The van der Waals surface area contributed by atoms with Gasteiger partial charge in [-0.25, -0.2) is 4.98 Å². The zero-order chi connectivity index (χ0) is 9.10. The van der Waals surface area contributed by atoms with Crippen molar-refractivity contribution >= 4 is 23.4 Å². The van der Waals surface area contributed by atoms with Crippen LogP contribution in [-0.4, -0.2) is 23.4 Å². The third-order valence-electron chi connectivity index (χ3n) is 1.88. The van der Waals surface area contributed by atoms with E-state index in [1.807, 2.05) is 30.1 Å². The summed E-state index contributed by atoms with van der Waals surface area (Å²) in [4.78, 5) is 4.02. The van der Waals surface area contributed by atoms with Crippen LogP contribution in [0.4, 0.5) is 0 Å². The maximum absolute atomic E-state index is 5.67. The Kier molecular flexibility index (Phi) is 3.09. The average Bonchev–Trinajstić information content (AvgIpc) is 2.05. The minimum absolute atomic E-state index is 0.556. The first-order valence-corrected chi connectivity index (χ1v) is 5.57. The summed E-state index contributed by atoms with van der Waals surface area (Å²) in [5.41, 5.74) is 1.22. The Morgan fingerprint density at radius 1 is 1.54 bits per heavy atom. The van der Waals surface area contributed by atoms with E-state index >= 15 is 0 Å². The molecule has 1 aromatic heterocycles. The fraction of sp³-hybridized carbons (Fsp3) is 0.444. The fourth-order valence-electron chi connectivity index (χ4n) is 1.02. The number of rotatable bonds is 3. The molecule has 70 valence electrons. The van der Waals surface area contributed by atoms with E-state index in [4.69, 9.17) is 16.3 Å².